The number of amides is 1. The van der Waals surface area contributed by atoms with E-state index in [1.165, 1.54) is 5.56 Å². The van der Waals surface area contributed by atoms with E-state index in [4.69, 9.17) is 18.7 Å². The third-order valence-corrected chi connectivity index (χ3v) is 5.67. The Balaban J connectivity index is 1.06. The summed E-state index contributed by atoms with van der Waals surface area (Å²) in [6.07, 6.45) is 0. The fourth-order valence-corrected chi connectivity index (χ4v) is 3.90. The Morgan fingerprint density at radius 2 is 1.78 bits per heavy atom. The first-order chi connectivity index (χ1) is 15.7. The monoisotopic (exact) mass is 435 g/mol. The Kier molecular flexibility index (Phi) is 6.04. The molecular weight excluding hydrogens is 410 g/mol. The molecule has 1 amide bonds. The smallest absolute Gasteiger partial charge is 0.248 e. The van der Waals surface area contributed by atoms with Crippen LogP contribution in [0.1, 0.15) is 11.3 Å². The van der Waals surface area contributed by atoms with Crippen LogP contribution in [0.2, 0.25) is 0 Å². The van der Waals surface area contributed by atoms with Crippen molar-refractivity contribution in [2.24, 2.45) is 0 Å². The molecule has 32 heavy (non-hydrogen) atoms. The lowest BCUT2D eigenvalue weighted by atomic mass is 10.1. The van der Waals surface area contributed by atoms with Gasteiger partial charge in [-0.15, -0.1) is 0 Å². The van der Waals surface area contributed by atoms with E-state index in [2.05, 4.69) is 34.3 Å². The fraction of sp³-hybridized carbons (Fsp3) is 0.333. The molecule has 166 valence electrons. The molecule has 0 radical (unpaired) electrons. The standard InChI is InChI=1S/C24H25N3O5/c28-24(27-10-8-26(9-11-27)14-18-4-2-1-3-5-18)16-29-15-20-13-22(32-25-20)19-6-7-21-23(12-19)31-17-30-21/h1-7,12-13H,8-11,14-17H2. The molecule has 1 saturated heterocycles. The number of benzene rings is 2. The largest absolute Gasteiger partial charge is 0.454 e. The van der Waals surface area contributed by atoms with Gasteiger partial charge in [-0.1, -0.05) is 35.5 Å². The van der Waals surface area contributed by atoms with Gasteiger partial charge in [0.25, 0.3) is 0 Å². The van der Waals surface area contributed by atoms with E-state index < -0.39 is 0 Å². The second-order valence-corrected chi connectivity index (χ2v) is 7.89. The first-order valence-electron chi connectivity index (χ1n) is 10.7. The van der Waals surface area contributed by atoms with Gasteiger partial charge in [0.1, 0.15) is 12.3 Å². The molecule has 0 saturated carbocycles. The highest BCUT2D eigenvalue weighted by Gasteiger charge is 2.21. The van der Waals surface area contributed by atoms with Gasteiger partial charge in [0.15, 0.2) is 17.3 Å². The van der Waals surface area contributed by atoms with Gasteiger partial charge in [-0.3, -0.25) is 9.69 Å². The van der Waals surface area contributed by atoms with Gasteiger partial charge in [0.2, 0.25) is 12.7 Å². The minimum Gasteiger partial charge on any atom is -0.454 e. The minimum absolute atomic E-state index is 0.00357. The van der Waals surface area contributed by atoms with Crippen molar-refractivity contribution >= 4 is 5.91 Å². The van der Waals surface area contributed by atoms with E-state index in [1.54, 1.807) is 0 Å². The SMILES string of the molecule is O=C(COCc1cc(-c2ccc3c(c2)OCO3)on1)N1CCN(Cc2ccccc2)CC1. The number of hydrogen-bond donors (Lipinski definition) is 0. The summed E-state index contributed by atoms with van der Waals surface area (Å²) >= 11 is 0. The second kappa shape index (κ2) is 9.42. The van der Waals surface area contributed by atoms with Crippen molar-refractivity contribution in [2.45, 2.75) is 13.2 Å². The predicted molar refractivity (Wildman–Crippen MR) is 116 cm³/mol. The summed E-state index contributed by atoms with van der Waals surface area (Å²) in [6, 6.07) is 17.8. The van der Waals surface area contributed by atoms with Gasteiger partial charge in [-0.25, -0.2) is 0 Å². The molecule has 8 heteroatoms. The highest BCUT2D eigenvalue weighted by molar-refractivity contribution is 5.77. The van der Waals surface area contributed by atoms with Crippen molar-refractivity contribution in [2.75, 3.05) is 39.6 Å². The molecule has 5 rings (SSSR count). The van der Waals surface area contributed by atoms with Crippen LogP contribution < -0.4 is 9.47 Å². The quantitative estimate of drug-likeness (QED) is 0.565. The second-order valence-electron chi connectivity index (χ2n) is 7.89. The number of piperazine rings is 1. The molecule has 0 N–H and O–H groups in total. The van der Waals surface area contributed by atoms with Crippen LogP contribution in [0.15, 0.2) is 59.1 Å². The maximum absolute atomic E-state index is 12.5. The molecule has 0 atom stereocenters. The van der Waals surface area contributed by atoms with Crippen LogP contribution in [0.4, 0.5) is 0 Å². The number of rotatable bonds is 7. The normalized spacial score (nSPS) is 15.8. The zero-order valence-corrected chi connectivity index (χ0v) is 17.7. The number of ether oxygens (including phenoxy) is 3. The Bertz CT molecular complexity index is 1060. The van der Waals surface area contributed by atoms with Gasteiger partial charge in [-0.2, -0.15) is 0 Å². The summed E-state index contributed by atoms with van der Waals surface area (Å²) in [5.41, 5.74) is 2.78. The molecule has 8 nitrogen and oxygen atoms in total. The third kappa shape index (κ3) is 4.76. The number of carbonyl (C=O) groups excluding carboxylic acids is 1. The van der Waals surface area contributed by atoms with E-state index >= 15 is 0 Å². The average Bonchev–Trinajstić information content (AvgIpc) is 3.49. The summed E-state index contributed by atoms with van der Waals surface area (Å²) in [5, 5.41) is 4.04. The van der Waals surface area contributed by atoms with E-state index in [9.17, 15) is 4.79 Å². The van der Waals surface area contributed by atoms with Crippen molar-refractivity contribution in [1.82, 2.24) is 15.0 Å². The zero-order valence-electron chi connectivity index (χ0n) is 17.7. The average molecular weight is 435 g/mol. The number of hydrogen-bond acceptors (Lipinski definition) is 7. The zero-order chi connectivity index (χ0) is 21.8. The van der Waals surface area contributed by atoms with Crippen LogP contribution in [0.3, 0.4) is 0 Å². The number of aromatic nitrogens is 1. The van der Waals surface area contributed by atoms with Gasteiger partial charge in [0, 0.05) is 44.4 Å². The van der Waals surface area contributed by atoms with Crippen molar-refractivity contribution < 1.29 is 23.5 Å². The van der Waals surface area contributed by atoms with Crippen LogP contribution in [0.25, 0.3) is 11.3 Å². The summed E-state index contributed by atoms with van der Waals surface area (Å²) in [7, 11) is 0. The maximum Gasteiger partial charge on any atom is 0.248 e. The van der Waals surface area contributed by atoms with Gasteiger partial charge >= 0.3 is 0 Å². The number of fused-ring (bicyclic) bond motifs is 1. The van der Waals surface area contributed by atoms with E-state index in [0.29, 0.717) is 30.3 Å². The predicted octanol–water partition coefficient (Wildman–Crippen LogP) is 2.93. The maximum atomic E-state index is 12.5. The summed E-state index contributed by atoms with van der Waals surface area (Å²) in [5.74, 6) is 2.02. The number of carbonyl (C=O) groups is 1. The molecular formula is C24H25N3O5. The van der Waals surface area contributed by atoms with E-state index in [0.717, 1.165) is 30.9 Å². The first kappa shape index (κ1) is 20.5. The van der Waals surface area contributed by atoms with Gasteiger partial charge in [-0.05, 0) is 23.8 Å². The number of nitrogens with zero attached hydrogens (tertiary/aromatic N) is 3. The third-order valence-electron chi connectivity index (χ3n) is 5.67. The summed E-state index contributed by atoms with van der Waals surface area (Å²) in [4.78, 5) is 16.7. The van der Waals surface area contributed by atoms with Crippen molar-refractivity contribution in [3.8, 4) is 22.8 Å². The Labute approximate surface area is 186 Å². The van der Waals surface area contributed by atoms with Crippen molar-refractivity contribution in [3.63, 3.8) is 0 Å². The fourth-order valence-electron chi connectivity index (χ4n) is 3.90. The Morgan fingerprint density at radius 1 is 0.969 bits per heavy atom. The summed E-state index contributed by atoms with van der Waals surface area (Å²) in [6.45, 7) is 4.55. The molecule has 0 spiro atoms. The molecule has 0 bridgehead atoms. The highest BCUT2D eigenvalue weighted by atomic mass is 16.7. The molecule has 2 aliphatic heterocycles. The van der Waals surface area contributed by atoms with E-state index in [1.807, 2.05) is 35.2 Å². The lowest BCUT2D eigenvalue weighted by Crippen LogP contribution is -2.49. The van der Waals surface area contributed by atoms with Crippen LogP contribution in [0.5, 0.6) is 11.5 Å². The first-order valence-corrected chi connectivity index (χ1v) is 10.7. The molecule has 2 aliphatic rings. The Morgan fingerprint density at radius 3 is 2.62 bits per heavy atom. The molecule has 3 aromatic rings. The van der Waals surface area contributed by atoms with Crippen LogP contribution in [-0.2, 0) is 22.7 Å². The van der Waals surface area contributed by atoms with Crippen molar-refractivity contribution in [1.29, 1.82) is 0 Å². The minimum atomic E-state index is 0.00357. The van der Waals surface area contributed by atoms with Crippen LogP contribution >= 0.6 is 0 Å². The lowest BCUT2D eigenvalue weighted by Gasteiger charge is -2.34. The lowest BCUT2D eigenvalue weighted by molar-refractivity contribution is -0.138. The highest BCUT2D eigenvalue weighted by Crippen LogP contribution is 2.36. The topological polar surface area (TPSA) is 77.3 Å². The van der Waals surface area contributed by atoms with Gasteiger partial charge < -0.3 is 23.6 Å². The van der Waals surface area contributed by atoms with E-state index in [-0.39, 0.29) is 25.9 Å². The van der Waals surface area contributed by atoms with Gasteiger partial charge in [0.05, 0.1) is 6.61 Å². The molecule has 1 aromatic heterocycles. The van der Waals surface area contributed by atoms with Crippen molar-refractivity contribution in [3.05, 3.63) is 65.9 Å². The van der Waals surface area contributed by atoms with Crippen LogP contribution in [-0.4, -0.2) is 60.4 Å². The summed E-state index contributed by atoms with van der Waals surface area (Å²) < 4.78 is 21.8. The molecule has 1 fully saturated rings. The molecule has 0 aliphatic carbocycles. The molecule has 0 unspecified atom stereocenters. The van der Waals surface area contributed by atoms with Crippen LogP contribution in [0, 0.1) is 0 Å². The Hall–Kier alpha value is -3.36. The molecule has 3 heterocycles. The molecule has 2 aromatic carbocycles.